The first-order valence-electron chi connectivity index (χ1n) is 5.44. The summed E-state index contributed by atoms with van der Waals surface area (Å²) in [5.74, 6) is 0.312. The maximum absolute atomic E-state index is 11.6. The molecule has 0 saturated heterocycles. The van der Waals surface area contributed by atoms with Gasteiger partial charge in [-0.1, -0.05) is 11.2 Å². The number of oxime groups is 1. The molecule has 0 aromatic carbocycles. The molecule has 6 heteroatoms. The number of hydrogen-bond donors (Lipinski definition) is 0. The third-order valence-electron chi connectivity index (χ3n) is 2.40. The highest BCUT2D eigenvalue weighted by molar-refractivity contribution is 6.18. The average molecular weight is 261 g/mol. The molecule has 0 unspecified atom stereocenters. The molecule has 0 atom stereocenters. The van der Waals surface area contributed by atoms with Crippen LogP contribution in [0.3, 0.4) is 0 Å². The van der Waals surface area contributed by atoms with Gasteiger partial charge in [-0.15, -0.1) is 11.6 Å². The number of carbonyl (C=O) groups is 1. The summed E-state index contributed by atoms with van der Waals surface area (Å²) in [5.41, 5.74) is 1.77. The topological polar surface area (TPSA) is 51.1 Å². The summed E-state index contributed by atoms with van der Waals surface area (Å²) in [7, 11) is 1.50. The SMILES string of the molecule is CON=C(C)C1=CCCN(C(=O)OCCCl)C1. The van der Waals surface area contributed by atoms with Gasteiger partial charge in [0.2, 0.25) is 0 Å². The molecule has 0 aromatic heterocycles. The van der Waals surface area contributed by atoms with E-state index in [0.29, 0.717) is 19.0 Å². The number of hydrogen-bond acceptors (Lipinski definition) is 4. The molecule has 1 rings (SSSR count). The number of halogens is 1. The first-order chi connectivity index (χ1) is 8.19. The second kappa shape index (κ2) is 7.17. The summed E-state index contributed by atoms with van der Waals surface area (Å²) in [6.07, 6.45) is 2.52. The van der Waals surface area contributed by atoms with Crippen LogP contribution in [0.2, 0.25) is 0 Å². The molecule has 0 bridgehead atoms. The summed E-state index contributed by atoms with van der Waals surface area (Å²) in [4.78, 5) is 18.0. The van der Waals surface area contributed by atoms with Crippen LogP contribution in [0.4, 0.5) is 4.79 Å². The lowest BCUT2D eigenvalue weighted by molar-refractivity contribution is 0.110. The Morgan fingerprint density at radius 1 is 1.65 bits per heavy atom. The van der Waals surface area contributed by atoms with Crippen molar-refractivity contribution in [2.45, 2.75) is 13.3 Å². The summed E-state index contributed by atoms with van der Waals surface area (Å²) >= 11 is 5.46. The quantitative estimate of drug-likeness (QED) is 0.441. The monoisotopic (exact) mass is 260 g/mol. The van der Waals surface area contributed by atoms with Gasteiger partial charge in [-0.05, 0) is 18.9 Å². The highest BCUT2D eigenvalue weighted by Gasteiger charge is 2.20. The second-order valence-corrected chi connectivity index (χ2v) is 3.98. The minimum absolute atomic E-state index is 0.237. The van der Waals surface area contributed by atoms with Gasteiger partial charge in [-0.2, -0.15) is 0 Å². The molecule has 0 fully saturated rings. The Bertz CT molecular complexity index is 329. The second-order valence-electron chi connectivity index (χ2n) is 3.60. The van der Waals surface area contributed by atoms with Crippen molar-refractivity contribution in [3.05, 3.63) is 11.6 Å². The Kier molecular flexibility index (Phi) is 5.83. The number of nitrogens with zero attached hydrogens (tertiary/aromatic N) is 2. The van der Waals surface area contributed by atoms with Gasteiger partial charge in [0.25, 0.3) is 0 Å². The van der Waals surface area contributed by atoms with Crippen LogP contribution in [0.15, 0.2) is 16.8 Å². The predicted molar refractivity (Wildman–Crippen MR) is 66.5 cm³/mol. The summed E-state index contributed by atoms with van der Waals surface area (Å²) < 4.78 is 4.98. The van der Waals surface area contributed by atoms with Crippen molar-refractivity contribution in [3.63, 3.8) is 0 Å². The fraction of sp³-hybridized carbons (Fsp3) is 0.636. The van der Waals surface area contributed by atoms with Crippen molar-refractivity contribution in [2.75, 3.05) is 32.7 Å². The van der Waals surface area contributed by atoms with Crippen molar-refractivity contribution < 1.29 is 14.4 Å². The molecule has 0 N–H and O–H groups in total. The Balaban J connectivity index is 2.56. The highest BCUT2D eigenvalue weighted by Crippen LogP contribution is 2.12. The standard InChI is InChI=1S/C11H17ClN2O3/c1-9(13-16-2)10-4-3-6-14(8-10)11(15)17-7-5-12/h4H,3,5-8H2,1-2H3. The molecule has 1 aliphatic rings. The zero-order valence-electron chi connectivity index (χ0n) is 10.1. The number of amides is 1. The van der Waals surface area contributed by atoms with E-state index in [0.717, 1.165) is 17.7 Å². The van der Waals surface area contributed by atoms with Gasteiger partial charge in [0.05, 0.1) is 18.1 Å². The molecule has 0 saturated carbocycles. The van der Waals surface area contributed by atoms with E-state index < -0.39 is 0 Å². The van der Waals surface area contributed by atoms with Crippen LogP contribution in [0.5, 0.6) is 0 Å². The summed E-state index contributed by atoms with van der Waals surface area (Å²) in [6, 6.07) is 0. The maximum atomic E-state index is 11.6. The first-order valence-corrected chi connectivity index (χ1v) is 5.97. The molecule has 1 aliphatic heterocycles. The Morgan fingerprint density at radius 3 is 3.06 bits per heavy atom. The van der Waals surface area contributed by atoms with Crippen LogP contribution in [-0.2, 0) is 9.57 Å². The summed E-state index contributed by atoms with van der Waals surface area (Å²) in [5, 5.41) is 3.85. The van der Waals surface area contributed by atoms with Crippen LogP contribution in [0.25, 0.3) is 0 Å². The normalized spacial score (nSPS) is 16.5. The van der Waals surface area contributed by atoms with Gasteiger partial charge in [0, 0.05) is 6.54 Å². The predicted octanol–water partition coefficient (Wildman–Crippen LogP) is 2.02. The molecule has 0 aliphatic carbocycles. The number of carbonyl (C=O) groups excluding carboxylic acids is 1. The first kappa shape index (κ1) is 13.8. The molecule has 1 amide bonds. The van der Waals surface area contributed by atoms with Gasteiger partial charge in [0.15, 0.2) is 0 Å². The van der Waals surface area contributed by atoms with E-state index in [4.69, 9.17) is 21.2 Å². The zero-order valence-corrected chi connectivity index (χ0v) is 10.9. The largest absolute Gasteiger partial charge is 0.448 e. The van der Waals surface area contributed by atoms with Gasteiger partial charge >= 0.3 is 6.09 Å². The van der Waals surface area contributed by atoms with Gasteiger partial charge in [0.1, 0.15) is 13.7 Å². The van der Waals surface area contributed by atoms with Crippen molar-refractivity contribution in [1.29, 1.82) is 0 Å². The van der Waals surface area contributed by atoms with E-state index in [1.807, 2.05) is 6.92 Å². The van der Waals surface area contributed by atoms with Crippen molar-refractivity contribution in [2.24, 2.45) is 5.16 Å². The molecule has 0 aromatic rings. The third kappa shape index (κ3) is 4.26. The summed E-state index contributed by atoms with van der Waals surface area (Å²) in [6.45, 7) is 3.24. The van der Waals surface area contributed by atoms with E-state index >= 15 is 0 Å². The Morgan fingerprint density at radius 2 is 2.41 bits per heavy atom. The van der Waals surface area contributed by atoms with Gasteiger partial charge in [-0.25, -0.2) is 4.79 Å². The Labute approximate surface area is 106 Å². The van der Waals surface area contributed by atoms with Crippen molar-refractivity contribution in [3.8, 4) is 0 Å². The van der Waals surface area contributed by atoms with Gasteiger partial charge < -0.3 is 14.5 Å². The number of alkyl halides is 1. The van der Waals surface area contributed by atoms with E-state index in [9.17, 15) is 4.79 Å². The molecule has 96 valence electrons. The minimum Gasteiger partial charge on any atom is -0.448 e. The fourth-order valence-corrected chi connectivity index (χ4v) is 1.65. The number of rotatable bonds is 4. The molecule has 0 spiro atoms. The lowest BCUT2D eigenvalue weighted by Crippen LogP contribution is -2.37. The lowest BCUT2D eigenvalue weighted by Gasteiger charge is -2.26. The highest BCUT2D eigenvalue weighted by atomic mass is 35.5. The van der Waals surface area contributed by atoms with E-state index in [-0.39, 0.29) is 12.7 Å². The van der Waals surface area contributed by atoms with E-state index in [1.54, 1.807) is 4.90 Å². The third-order valence-corrected chi connectivity index (χ3v) is 2.56. The van der Waals surface area contributed by atoms with Crippen LogP contribution in [0.1, 0.15) is 13.3 Å². The van der Waals surface area contributed by atoms with Crippen molar-refractivity contribution in [1.82, 2.24) is 4.90 Å². The molecule has 1 heterocycles. The zero-order chi connectivity index (χ0) is 12.7. The molecule has 0 radical (unpaired) electrons. The van der Waals surface area contributed by atoms with Crippen LogP contribution < -0.4 is 0 Å². The maximum Gasteiger partial charge on any atom is 0.410 e. The number of ether oxygens (including phenoxy) is 1. The van der Waals surface area contributed by atoms with Crippen LogP contribution in [0, 0.1) is 0 Å². The van der Waals surface area contributed by atoms with Crippen molar-refractivity contribution >= 4 is 23.4 Å². The Hall–Kier alpha value is -1.23. The molecule has 5 nitrogen and oxygen atoms in total. The molecule has 17 heavy (non-hydrogen) atoms. The minimum atomic E-state index is -0.332. The smallest absolute Gasteiger partial charge is 0.410 e. The lowest BCUT2D eigenvalue weighted by atomic mass is 10.1. The molecular formula is C11H17ClN2O3. The van der Waals surface area contributed by atoms with E-state index in [1.165, 1.54) is 7.11 Å². The fourth-order valence-electron chi connectivity index (χ4n) is 1.57. The average Bonchev–Trinajstić information content (AvgIpc) is 2.36. The van der Waals surface area contributed by atoms with Crippen LogP contribution in [-0.4, -0.2) is 49.4 Å². The van der Waals surface area contributed by atoms with Crippen LogP contribution >= 0.6 is 11.6 Å². The van der Waals surface area contributed by atoms with E-state index in [2.05, 4.69) is 11.2 Å². The van der Waals surface area contributed by atoms with Gasteiger partial charge in [-0.3, -0.25) is 0 Å². The molecular weight excluding hydrogens is 244 g/mol.